The molecule has 0 aliphatic carbocycles. The summed E-state index contributed by atoms with van der Waals surface area (Å²) in [6, 6.07) is 87.6. The monoisotopic (exact) mass is 946 g/mol. The van der Waals surface area contributed by atoms with Crippen molar-refractivity contribution in [3.63, 3.8) is 0 Å². The molecule has 0 saturated heterocycles. The van der Waals surface area contributed by atoms with E-state index in [1.54, 1.807) is 22.7 Å². The van der Waals surface area contributed by atoms with Crippen LogP contribution in [0, 0.1) is 0 Å². The molecule has 0 spiro atoms. The first kappa shape index (κ1) is 42.7. The Morgan fingerprint density at radius 1 is 0.380 bits per heavy atom. The van der Waals surface area contributed by atoms with Crippen molar-refractivity contribution in [3.8, 4) is 54.5 Å². The maximum atomic E-state index is 5.02. The molecule has 3 heterocycles. The molecular formula is C65H46N4S2. The fourth-order valence-corrected chi connectivity index (χ4v) is 12.2. The van der Waals surface area contributed by atoms with Gasteiger partial charge < -0.3 is 9.80 Å². The smallest absolute Gasteiger partial charge is 0.124 e. The summed E-state index contributed by atoms with van der Waals surface area (Å²) < 4.78 is 2.40. The maximum Gasteiger partial charge on any atom is 0.124 e. The fraction of sp³-hybridized carbons (Fsp3) is 0.0462. The second-order valence-corrected chi connectivity index (χ2v) is 20.7. The quantitative estimate of drug-likeness (QED) is 0.144. The average molecular weight is 947 g/mol. The summed E-state index contributed by atoms with van der Waals surface area (Å²) in [4.78, 5) is 14.8. The number of hydrogen-bond donors (Lipinski definition) is 0. The van der Waals surface area contributed by atoms with Crippen LogP contribution in [0.15, 0.2) is 243 Å². The molecule has 10 aromatic carbocycles. The number of aromatic nitrogens is 2. The van der Waals surface area contributed by atoms with E-state index in [9.17, 15) is 0 Å². The first-order chi connectivity index (χ1) is 34.9. The zero-order chi connectivity index (χ0) is 47.5. The summed E-state index contributed by atoms with van der Waals surface area (Å²) in [5.74, 6) is 0. The number of rotatable bonds is 9. The molecule has 0 atom stereocenters. The predicted octanol–water partition coefficient (Wildman–Crippen LogP) is 18.8. The molecule has 1 aliphatic rings. The van der Waals surface area contributed by atoms with Gasteiger partial charge in [-0.25, -0.2) is 9.97 Å². The lowest BCUT2D eigenvalue weighted by Gasteiger charge is -2.42. The van der Waals surface area contributed by atoms with Gasteiger partial charge in [-0.15, -0.1) is 22.7 Å². The van der Waals surface area contributed by atoms with E-state index in [1.807, 2.05) is 6.07 Å². The van der Waals surface area contributed by atoms with Crippen LogP contribution in [0.2, 0.25) is 0 Å². The second-order valence-electron chi connectivity index (χ2n) is 18.6. The minimum absolute atomic E-state index is 0.199. The van der Waals surface area contributed by atoms with E-state index in [-0.39, 0.29) is 5.41 Å². The summed E-state index contributed by atoms with van der Waals surface area (Å²) >= 11 is 3.48. The summed E-state index contributed by atoms with van der Waals surface area (Å²) in [5.41, 5.74) is 20.6. The molecule has 6 heteroatoms. The Balaban J connectivity index is 0.791. The van der Waals surface area contributed by atoms with Crippen LogP contribution in [0.5, 0.6) is 0 Å². The van der Waals surface area contributed by atoms with Crippen LogP contribution < -0.4 is 9.80 Å². The molecule has 0 fully saturated rings. The Labute approximate surface area is 422 Å². The van der Waals surface area contributed by atoms with E-state index in [2.05, 4.69) is 260 Å². The molecule has 0 unspecified atom stereocenters. The summed E-state index contributed by atoms with van der Waals surface area (Å²) in [6.45, 7) is 4.69. The van der Waals surface area contributed by atoms with Crippen LogP contribution in [0.4, 0.5) is 34.1 Å². The Morgan fingerprint density at radius 2 is 0.845 bits per heavy atom. The number of anilines is 6. The third-order valence-corrected chi connectivity index (χ3v) is 16.1. The van der Waals surface area contributed by atoms with Gasteiger partial charge in [0.05, 0.1) is 37.5 Å². The topological polar surface area (TPSA) is 32.3 Å². The highest BCUT2D eigenvalue weighted by molar-refractivity contribution is 7.22. The van der Waals surface area contributed by atoms with Gasteiger partial charge in [-0.05, 0) is 142 Å². The first-order valence-electron chi connectivity index (χ1n) is 24.0. The Kier molecular flexibility index (Phi) is 10.5. The SMILES string of the molecule is CC1(C)c2ccccc2N(c2ccc(-c3ccc(-c4ccc(N(c5ccc(-c6nc7ccccc7s6)cc5)c5ccccc5-c5ccccc5)cc4)cc3)cc2)c2ccc(-c3nc4ccccc4s3)cc21. The summed E-state index contributed by atoms with van der Waals surface area (Å²) in [7, 11) is 0. The number of nitrogens with zero attached hydrogens (tertiary/aromatic N) is 4. The molecular weight excluding hydrogens is 901 g/mol. The average Bonchev–Trinajstić information content (AvgIpc) is 4.08. The number of fused-ring (bicyclic) bond motifs is 4. The minimum Gasteiger partial charge on any atom is -0.310 e. The summed E-state index contributed by atoms with van der Waals surface area (Å²) in [6.07, 6.45) is 0. The van der Waals surface area contributed by atoms with Gasteiger partial charge in [0.15, 0.2) is 0 Å². The first-order valence-corrected chi connectivity index (χ1v) is 25.7. The molecule has 0 amide bonds. The molecule has 338 valence electrons. The minimum atomic E-state index is -0.199. The van der Waals surface area contributed by atoms with E-state index < -0.39 is 0 Å². The van der Waals surface area contributed by atoms with Crippen molar-refractivity contribution in [2.75, 3.05) is 9.80 Å². The molecule has 0 saturated carbocycles. The molecule has 12 aromatic rings. The van der Waals surface area contributed by atoms with Crippen LogP contribution in [0.1, 0.15) is 25.0 Å². The number of hydrogen-bond acceptors (Lipinski definition) is 6. The molecule has 0 radical (unpaired) electrons. The van der Waals surface area contributed by atoms with E-state index in [4.69, 9.17) is 9.97 Å². The van der Waals surface area contributed by atoms with E-state index >= 15 is 0 Å². The number of benzene rings is 10. The van der Waals surface area contributed by atoms with Crippen molar-refractivity contribution >= 4 is 77.2 Å². The van der Waals surface area contributed by atoms with Gasteiger partial charge in [0.25, 0.3) is 0 Å². The largest absolute Gasteiger partial charge is 0.310 e. The van der Waals surface area contributed by atoms with Gasteiger partial charge in [-0.3, -0.25) is 0 Å². The lowest BCUT2D eigenvalue weighted by molar-refractivity contribution is 0.632. The van der Waals surface area contributed by atoms with E-state index in [0.29, 0.717) is 0 Å². The molecule has 1 aliphatic heterocycles. The van der Waals surface area contributed by atoms with Crippen molar-refractivity contribution in [3.05, 3.63) is 254 Å². The van der Waals surface area contributed by atoms with Gasteiger partial charge in [0.1, 0.15) is 10.0 Å². The van der Waals surface area contributed by atoms with E-state index in [0.717, 1.165) is 60.5 Å². The van der Waals surface area contributed by atoms with Gasteiger partial charge >= 0.3 is 0 Å². The van der Waals surface area contributed by atoms with Gasteiger partial charge in [-0.2, -0.15) is 0 Å². The van der Waals surface area contributed by atoms with Crippen molar-refractivity contribution in [2.24, 2.45) is 0 Å². The van der Waals surface area contributed by atoms with E-state index in [1.165, 1.54) is 59.7 Å². The highest BCUT2D eigenvalue weighted by atomic mass is 32.1. The van der Waals surface area contributed by atoms with Crippen LogP contribution in [-0.4, -0.2) is 9.97 Å². The van der Waals surface area contributed by atoms with Crippen LogP contribution >= 0.6 is 22.7 Å². The Hall–Kier alpha value is -8.42. The van der Waals surface area contributed by atoms with Gasteiger partial charge in [0, 0.05) is 39.2 Å². The Morgan fingerprint density at radius 3 is 1.46 bits per heavy atom. The van der Waals surface area contributed by atoms with Crippen LogP contribution in [-0.2, 0) is 5.41 Å². The second kappa shape index (κ2) is 17.5. The van der Waals surface area contributed by atoms with Gasteiger partial charge in [0.2, 0.25) is 0 Å². The molecule has 0 bridgehead atoms. The normalized spacial score (nSPS) is 12.7. The molecule has 13 rings (SSSR count). The zero-order valence-corrected chi connectivity index (χ0v) is 40.8. The molecule has 4 nitrogen and oxygen atoms in total. The highest BCUT2D eigenvalue weighted by Gasteiger charge is 2.37. The number of para-hydroxylation sites is 4. The summed E-state index contributed by atoms with van der Waals surface area (Å²) in [5, 5.41) is 2.07. The molecule has 71 heavy (non-hydrogen) atoms. The lowest BCUT2D eigenvalue weighted by atomic mass is 9.73. The standard InChI is InChI=1S/C65H46N4S2/c1-65(2)54-17-7-11-21-59(54)69(60-41-34-49(42-55(60)65)64-67-57-19-9-13-23-62(57)71-64)52-37-30-46(31-38-52)44-26-24-43(25-27-44)45-28-35-50(36-29-45)68(58-20-10-6-16-53(58)47-14-4-3-5-15-47)51-39-32-48(33-40-51)63-66-56-18-8-12-22-61(56)70-63/h3-42H,1-2H3. The molecule has 2 aromatic heterocycles. The van der Waals surface area contributed by atoms with Crippen LogP contribution in [0.25, 0.3) is 75.0 Å². The fourth-order valence-electron chi connectivity index (χ4n) is 10.3. The van der Waals surface area contributed by atoms with Crippen molar-refractivity contribution < 1.29 is 0 Å². The third-order valence-electron chi connectivity index (χ3n) is 14.0. The van der Waals surface area contributed by atoms with Crippen molar-refractivity contribution in [1.29, 1.82) is 0 Å². The van der Waals surface area contributed by atoms with Gasteiger partial charge in [-0.1, -0.05) is 153 Å². The Bertz CT molecular complexity index is 3830. The van der Waals surface area contributed by atoms with Crippen molar-refractivity contribution in [2.45, 2.75) is 19.3 Å². The predicted molar refractivity (Wildman–Crippen MR) is 301 cm³/mol. The third kappa shape index (κ3) is 7.69. The van der Waals surface area contributed by atoms with Crippen molar-refractivity contribution in [1.82, 2.24) is 9.97 Å². The lowest BCUT2D eigenvalue weighted by Crippen LogP contribution is -2.30. The maximum absolute atomic E-state index is 5.02. The molecule has 0 N–H and O–H groups in total. The highest BCUT2D eigenvalue weighted by Crippen LogP contribution is 2.53. The number of thiazole rings is 2. The zero-order valence-electron chi connectivity index (χ0n) is 39.2. The van der Waals surface area contributed by atoms with Crippen LogP contribution in [0.3, 0.4) is 0 Å².